The monoisotopic (exact) mass is 296 g/mol. The molecule has 0 saturated heterocycles. The number of unbranched alkanes of at least 4 members (excludes halogenated alkanes) is 1. The number of imidazole rings is 1. The lowest BCUT2D eigenvalue weighted by molar-refractivity contribution is -0.139. The summed E-state index contributed by atoms with van der Waals surface area (Å²) in [5, 5.41) is 14.2. The van der Waals surface area contributed by atoms with E-state index in [9.17, 15) is 9.59 Å². The average molecular weight is 296 g/mol. The predicted octanol–water partition coefficient (Wildman–Crippen LogP) is 1.46. The molecule has 0 saturated carbocycles. The molecule has 1 aromatic rings. The Hall–Kier alpha value is -2.05. The maximum absolute atomic E-state index is 11.6. The molecule has 1 heterocycles. The fourth-order valence-electron chi connectivity index (χ4n) is 1.94. The van der Waals surface area contributed by atoms with E-state index in [1.807, 2.05) is 24.6 Å². The zero-order valence-electron chi connectivity index (χ0n) is 12.6. The number of aliphatic carboxylic acids is 1. The molecule has 21 heavy (non-hydrogen) atoms. The number of amides is 2. The second kappa shape index (κ2) is 8.99. The van der Waals surface area contributed by atoms with Crippen LogP contribution in [0, 0.1) is 5.92 Å². The van der Waals surface area contributed by atoms with Gasteiger partial charge in [-0.15, -0.1) is 0 Å². The van der Waals surface area contributed by atoms with Gasteiger partial charge >= 0.3 is 12.0 Å². The van der Waals surface area contributed by atoms with Crippen LogP contribution in [0.15, 0.2) is 18.7 Å². The standard InChI is InChI=1S/C14H24N4O3/c1-11(2)9-12(13(19)20)17-14(21)16-5-3-4-7-18-8-6-15-10-18/h6,8,10-12H,3-5,7,9H2,1-2H3,(H,19,20)(H2,16,17,21)/t12-/m1/s1. The first-order chi connectivity index (χ1) is 9.99. The van der Waals surface area contributed by atoms with E-state index in [2.05, 4.69) is 15.6 Å². The minimum absolute atomic E-state index is 0.210. The molecule has 1 rings (SSSR count). The second-order valence-electron chi connectivity index (χ2n) is 5.43. The van der Waals surface area contributed by atoms with Crippen LogP contribution in [0.5, 0.6) is 0 Å². The molecule has 0 aliphatic heterocycles. The topological polar surface area (TPSA) is 96.3 Å². The van der Waals surface area contributed by atoms with Crippen molar-refractivity contribution in [2.45, 2.75) is 45.7 Å². The summed E-state index contributed by atoms with van der Waals surface area (Å²) in [6.07, 6.45) is 7.54. The number of carbonyl (C=O) groups excluding carboxylic acids is 1. The molecule has 0 spiro atoms. The van der Waals surface area contributed by atoms with Gasteiger partial charge in [0, 0.05) is 25.5 Å². The van der Waals surface area contributed by atoms with Crippen molar-refractivity contribution in [1.82, 2.24) is 20.2 Å². The first-order valence-corrected chi connectivity index (χ1v) is 7.22. The highest BCUT2D eigenvalue weighted by Crippen LogP contribution is 2.04. The first kappa shape index (κ1) is 17.0. The number of hydrogen-bond acceptors (Lipinski definition) is 3. The molecule has 0 aromatic carbocycles. The minimum atomic E-state index is -1.00. The lowest BCUT2D eigenvalue weighted by atomic mass is 10.0. The Bertz CT molecular complexity index is 431. The van der Waals surface area contributed by atoms with Crippen LogP contribution < -0.4 is 10.6 Å². The molecular weight excluding hydrogens is 272 g/mol. The highest BCUT2D eigenvalue weighted by molar-refractivity contribution is 5.82. The molecule has 1 atom stereocenters. The van der Waals surface area contributed by atoms with Gasteiger partial charge in [0.05, 0.1) is 6.33 Å². The highest BCUT2D eigenvalue weighted by Gasteiger charge is 2.20. The third-order valence-electron chi connectivity index (χ3n) is 3.00. The smallest absolute Gasteiger partial charge is 0.326 e. The van der Waals surface area contributed by atoms with Crippen molar-refractivity contribution in [3.63, 3.8) is 0 Å². The minimum Gasteiger partial charge on any atom is -0.480 e. The number of rotatable bonds is 9. The number of nitrogens with one attached hydrogen (secondary N) is 2. The number of carbonyl (C=O) groups is 2. The van der Waals surface area contributed by atoms with Crippen LogP contribution in [-0.4, -0.2) is 39.2 Å². The van der Waals surface area contributed by atoms with Crippen LogP contribution in [0.2, 0.25) is 0 Å². The summed E-state index contributed by atoms with van der Waals surface area (Å²) >= 11 is 0. The SMILES string of the molecule is CC(C)C[C@@H](NC(=O)NCCCCn1ccnc1)C(=O)O. The molecule has 7 nitrogen and oxygen atoms in total. The fraction of sp³-hybridized carbons (Fsp3) is 0.643. The van der Waals surface area contributed by atoms with Crippen LogP contribution in [0.4, 0.5) is 4.79 Å². The third-order valence-corrected chi connectivity index (χ3v) is 3.00. The normalized spacial score (nSPS) is 12.1. The maximum atomic E-state index is 11.6. The number of aryl methyl sites for hydroxylation is 1. The molecule has 2 amide bonds. The average Bonchev–Trinajstić information content (AvgIpc) is 2.90. The highest BCUT2D eigenvalue weighted by atomic mass is 16.4. The molecule has 0 aliphatic rings. The quantitative estimate of drug-likeness (QED) is 0.601. The molecule has 0 radical (unpaired) electrons. The van der Waals surface area contributed by atoms with Gasteiger partial charge in [0.2, 0.25) is 0 Å². The molecule has 0 unspecified atom stereocenters. The van der Waals surface area contributed by atoms with Gasteiger partial charge in [0.15, 0.2) is 0 Å². The van der Waals surface area contributed by atoms with E-state index in [1.54, 1.807) is 12.5 Å². The molecular formula is C14H24N4O3. The lowest BCUT2D eigenvalue weighted by Crippen LogP contribution is -2.46. The lowest BCUT2D eigenvalue weighted by Gasteiger charge is -2.16. The van der Waals surface area contributed by atoms with Gasteiger partial charge in [0.1, 0.15) is 6.04 Å². The van der Waals surface area contributed by atoms with Crippen molar-refractivity contribution in [2.24, 2.45) is 5.92 Å². The number of carboxylic acid groups (broad SMARTS) is 1. The van der Waals surface area contributed by atoms with Gasteiger partial charge in [-0.1, -0.05) is 13.8 Å². The van der Waals surface area contributed by atoms with Crippen LogP contribution in [0.3, 0.4) is 0 Å². The Morgan fingerprint density at radius 3 is 2.67 bits per heavy atom. The summed E-state index contributed by atoms with van der Waals surface area (Å²) in [6, 6.07) is -1.26. The van der Waals surface area contributed by atoms with E-state index in [4.69, 9.17) is 5.11 Å². The van der Waals surface area contributed by atoms with Crippen molar-refractivity contribution in [2.75, 3.05) is 6.54 Å². The van der Waals surface area contributed by atoms with E-state index < -0.39 is 18.0 Å². The molecule has 3 N–H and O–H groups in total. The Balaban J connectivity index is 2.15. The predicted molar refractivity (Wildman–Crippen MR) is 78.9 cm³/mol. The van der Waals surface area contributed by atoms with Crippen LogP contribution in [0.1, 0.15) is 33.1 Å². The van der Waals surface area contributed by atoms with E-state index in [0.29, 0.717) is 13.0 Å². The Kier molecular flexibility index (Phi) is 7.28. The van der Waals surface area contributed by atoms with Crippen molar-refractivity contribution >= 4 is 12.0 Å². The van der Waals surface area contributed by atoms with Crippen LogP contribution in [0.25, 0.3) is 0 Å². The van der Waals surface area contributed by atoms with Gasteiger partial charge in [-0.3, -0.25) is 0 Å². The zero-order chi connectivity index (χ0) is 15.7. The number of aromatic nitrogens is 2. The summed E-state index contributed by atoms with van der Waals surface area (Å²) in [6.45, 7) is 5.22. The first-order valence-electron chi connectivity index (χ1n) is 7.22. The van der Waals surface area contributed by atoms with E-state index in [0.717, 1.165) is 19.4 Å². The van der Waals surface area contributed by atoms with Gasteiger partial charge in [0.25, 0.3) is 0 Å². The van der Waals surface area contributed by atoms with E-state index in [1.165, 1.54) is 0 Å². The van der Waals surface area contributed by atoms with Gasteiger partial charge < -0.3 is 20.3 Å². The number of hydrogen-bond donors (Lipinski definition) is 3. The molecule has 0 fully saturated rings. The largest absolute Gasteiger partial charge is 0.480 e. The zero-order valence-corrected chi connectivity index (χ0v) is 12.6. The summed E-state index contributed by atoms with van der Waals surface area (Å²) in [7, 11) is 0. The third kappa shape index (κ3) is 7.34. The van der Waals surface area contributed by atoms with E-state index >= 15 is 0 Å². The van der Waals surface area contributed by atoms with Crippen molar-refractivity contribution < 1.29 is 14.7 Å². The van der Waals surface area contributed by atoms with Crippen molar-refractivity contribution in [3.05, 3.63) is 18.7 Å². The fourth-order valence-corrected chi connectivity index (χ4v) is 1.94. The maximum Gasteiger partial charge on any atom is 0.326 e. The Morgan fingerprint density at radius 2 is 2.10 bits per heavy atom. The Labute approximate surface area is 124 Å². The van der Waals surface area contributed by atoms with Crippen LogP contribution >= 0.6 is 0 Å². The molecule has 0 bridgehead atoms. The molecule has 118 valence electrons. The van der Waals surface area contributed by atoms with E-state index in [-0.39, 0.29) is 5.92 Å². The number of nitrogens with zero attached hydrogens (tertiary/aromatic N) is 2. The van der Waals surface area contributed by atoms with Crippen molar-refractivity contribution in [1.29, 1.82) is 0 Å². The molecule has 0 aliphatic carbocycles. The van der Waals surface area contributed by atoms with Gasteiger partial charge in [-0.25, -0.2) is 14.6 Å². The van der Waals surface area contributed by atoms with Crippen LogP contribution in [-0.2, 0) is 11.3 Å². The summed E-state index contributed by atoms with van der Waals surface area (Å²) in [5.74, 6) is -0.791. The Morgan fingerprint density at radius 1 is 1.33 bits per heavy atom. The second-order valence-corrected chi connectivity index (χ2v) is 5.43. The van der Waals surface area contributed by atoms with Gasteiger partial charge in [-0.05, 0) is 25.2 Å². The summed E-state index contributed by atoms with van der Waals surface area (Å²) < 4.78 is 1.98. The summed E-state index contributed by atoms with van der Waals surface area (Å²) in [4.78, 5) is 26.6. The number of urea groups is 1. The number of carboxylic acids is 1. The van der Waals surface area contributed by atoms with Gasteiger partial charge in [-0.2, -0.15) is 0 Å². The summed E-state index contributed by atoms with van der Waals surface area (Å²) in [5.41, 5.74) is 0. The molecule has 7 heteroatoms. The molecule has 1 aromatic heterocycles. The van der Waals surface area contributed by atoms with Crippen molar-refractivity contribution in [3.8, 4) is 0 Å².